The lowest BCUT2D eigenvalue weighted by atomic mass is 9.88. The molecule has 0 bridgehead atoms. The molecule has 1 N–H and O–H groups in total. The van der Waals surface area contributed by atoms with Gasteiger partial charge in [-0.05, 0) is 36.6 Å². The van der Waals surface area contributed by atoms with Crippen LogP contribution in [0.15, 0.2) is 18.2 Å². The van der Waals surface area contributed by atoms with Crippen molar-refractivity contribution in [3.8, 4) is 0 Å². The second-order valence-corrected chi connectivity index (χ2v) is 4.93. The zero-order valence-electron chi connectivity index (χ0n) is 8.69. The van der Waals surface area contributed by atoms with E-state index in [9.17, 15) is 9.90 Å². The van der Waals surface area contributed by atoms with Crippen LogP contribution in [0.5, 0.6) is 0 Å². The smallest absolute Gasteiger partial charge is 0.231 e. The number of amides is 1. The van der Waals surface area contributed by atoms with Gasteiger partial charge in [-0.15, -0.1) is 0 Å². The highest BCUT2D eigenvalue weighted by atomic mass is 35.5. The first kappa shape index (κ1) is 10.1. The van der Waals surface area contributed by atoms with Gasteiger partial charge in [0, 0.05) is 16.8 Å². The van der Waals surface area contributed by atoms with Gasteiger partial charge in [-0.1, -0.05) is 11.6 Å². The van der Waals surface area contributed by atoms with Gasteiger partial charge in [-0.25, -0.2) is 0 Å². The van der Waals surface area contributed by atoms with Crippen molar-refractivity contribution < 1.29 is 9.90 Å². The van der Waals surface area contributed by atoms with E-state index >= 15 is 0 Å². The highest BCUT2D eigenvalue weighted by Crippen LogP contribution is 2.37. The fraction of sp³-hybridized carbons (Fsp3) is 0.417. The number of aliphatic hydroxyl groups is 1. The van der Waals surface area contributed by atoms with Gasteiger partial charge in [0.05, 0.1) is 12.5 Å². The summed E-state index contributed by atoms with van der Waals surface area (Å²) >= 11 is 5.90. The highest BCUT2D eigenvalue weighted by molar-refractivity contribution is 6.30. The van der Waals surface area contributed by atoms with E-state index in [1.807, 2.05) is 17.0 Å². The Morgan fingerprint density at radius 2 is 2.12 bits per heavy atom. The summed E-state index contributed by atoms with van der Waals surface area (Å²) in [5.74, 6) is 0.120. The quantitative estimate of drug-likeness (QED) is 0.809. The summed E-state index contributed by atoms with van der Waals surface area (Å²) in [6.07, 6.45) is 1.57. The molecule has 84 valence electrons. The van der Waals surface area contributed by atoms with Gasteiger partial charge in [0.2, 0.25) is 5.91 Å². The van der Waals surface area contributed by atoms with Crippen molar-refractivity contribution in [3.63, 3.8) is 0 Å². The monoisotopic (exact) mass is 237 g/mol. The molecule has 3 nitrogen and oxygen atoms in total. The minimum Gasteiger partial charge on any atom is -0.393 e. The summed E-state index contributed by atoms with van der Waals surface area (Å²) in [4.78, 5) is 13.7. The standard InChI is InChI=1S/C12H12ClNO2/c13-8-1-2-11-7(3-8)4-12(16)14(11)9-5-10(15)6-9/h1-3,9-10,15H,4-6H2. The van der Waals surface area contributed by atoms with Crippen LogP contribution in [0, 0.1) is 0 Å². The molecule has 1 saturated carbocycles. The number of halogens is 1. The second-order valence-electron chi connectivity index (χ2n) is 4.49. The van der Waals surface area contributed by atoms with Crippen molar-refractivity contribution in [2.75, 3.05) is 4.90 Å². The molecular formula is C12H12ClNO2. The van der Waals surface area contributed by atoms with Crippen LogP contribution in [0.1, 0.15) is 18.4 Å². The number of fused-ring (bicyclic) bond motifs is 1. The molecule has 1 aliphatic carbocycles. The summed E-state index contributed by atoms with van der Waals surface area (Å²) in [5, 5.41) is 9.97. The number of nitrogens with zero attached hydrogens (tertiary/aromatic N) is 1. The van der Waals surface area contributed by atoms with Gasteiger partial charge in [-0.2, -0.15) is 0 Å². The first-order valence-electron chi connectivity index (χ1n) is 5.43. The molecule has 0 unspecified atom stereocenters. The lowest BCUT2D eigenvalue weighted by Crippen LogP contribution is -2.48. The molecule has 1 aliphatic heterocycles. The molecule has 1 amide bonds. The van der Waals surface area contributed by atoms with E-state index < -0.39 is 0 Å². The Bertz CT molecular complexity index is 454. The van der Waals surface area contributed by atoms with Crippen molar-refractivity contribution in [1.82, 2.24) is 0 Å². The lowest BCUT2D eigenvalue weighted by molar-refractivity contribution is -0.118. The molecular weight excluding hydrogens is 226 g/mol. The van der Waals surface area contributed by atoms with E-state index in [-0.39, 0.29) is 18.1 Å². The number of rotatable bonds is 1. The minimum absolute atomic E-state index is 0.120. The average molecular weight is 238 g/mol. The molecule has 1 aromatic carbocycles. The number of hydrogen-bond donors (Lipinski definition) is 1. The number of benzene rings is 1. The van der Waals surface area contributed by atoms with Crippen molar-refractivity contribution in [2.24, 2.45) is 0 Å². The Hall–Kier alpha value is -1.06. The van der Waals surface area contributed by atoms with E-state index in [1.165, 1.54) is 0 Å². The Morgan fingerprint density at radius 1 is 1.38 bits per heavy atom. The van der Waals surface area contributed by atoms with Crippen molar-refractivity contribution in [3.05, 3.63) is 28.8 Å². The molecule has 2 aliphatic rings. The topological polar surface area (TPSA) is 40.5 Å². The lowest BCUT2D eigenvalue weighted by Gasteiger charge is -2.38. The largest absolute Gasteiger partial charge is 0.393 e. The maximum Gasteiger partial charge on any atom is 0.231 e. The zero-order chi connectivity index (χ0) is 11.3. The van der Waals surface area contributed by atoms with Crippen LogP contribution in [0.2, 0.25) is 5.02 Å². The molecule has 0 atom stereocenters. The zero-order valence-corrected chi connectivity index (χ0v) is 9.44. The van der Waals surface area contributed by atoms with E-state index in [0.29, 0.717) is 24.3 Å². The number of aliphatic hydroxyl groups excluding tert-OH is 1. The molecule has 1 aromatic rings. The molecule has 0 aromatic heterocycles. The Kier molecular flexibility index (Phi) is 2.19. The summed E-state index contributed by atoms with van der Waals surface area (Å²) in [6, 6.07) is 5.73. The molecule has 1 heterocycles. The highest BCUT2D eigenvalue weighted by Gasteiger charge is 2.39. The maximum atomic E-state index is 11.9. The van der Waals surface area contributed by atoms with Crippen LogP contribution < -0.4 is 4.90 Å². The molecule has 1 fully saturated rings. The van der Waals surface area contributed by atoms with Gasteiger partial charge in [0.1, 0.15) is 0 Å². The van der Waals surface area contributed by atoms with Gasteiger partial charge in [0.15, 0.2) is 0 Å². The van der Waals surface area contributed by atoms with Gasteiger partial charge in [-0.3, -0.25) is 4.79 Å². The van der Waals surface area contributed by atoms with E-state index in [4.69, 9.17) is 11.6 Å². The summed E-state index contributed by atoms with van der Waals surface area (Å²) in [7, 11) is 0. The Morgan fingerprint density at radius 3 is 2.81 bits per heavy atom. The third kappa shape index (κ3) is 1.43. The molecule has 0 radical (unpaired) electrons. The van der Waals surface area contributed by atoms with Crippen LogP contribution in [0.4, 0.5) is 5.69 Å². The molecule has 3 rings (SSSR count). The normalized spacial score (nSPS) is 27.9. The fourth-order valence-electron chi connectivity index (χ4n) is 2.48. The minimum atomic E-state index is -0.242. The maximum absolute atomic E-state index is 11.9. The predicted molar refractivity (Wildman–Crippen MR) is 61.7 cm³/mol. The molecule has 16 heavy (non-hydrogen) atoms. The summed E-state index contributed by atoms with van der Waals surface area (Å²) < 4.78 is 0. The van der Waals surface area contributed by atoms with Gasteiger partial charge < -0.3 is 10.0 Å². The van der Waals surface area contributed by atoms with Crippen molar-refractivity contribution in [1.29, 1.82) is 0 Å². The van der Waals surface area contributed by atoms with E-state index in [0.717, 1.165) is 11.3 Å². The summed E-state index contributed by atoms with van der Waals surface area (Å²) in [6.45, 7) is 0. The van der Waals surface area contributed by atoms with Crippen LogP contribution in [-0.4, -0.2) is 23.2 Å². The third-order valence-electron chi connectivity index (χ3n) is 3.36. The average Bonchev–Trinajstić information content (AvgIpc) is 2.48. The van der Waals surface area contributed by atoms with E-state index in [2.05, 4.69) is 0 Å². The van der Waals surface area contributed by atoms with Gasteiger partial charge in [0.25, 0.3) is 0 Å². The molecule has 4 heteroatoms. The fourth-order valence-corrected chi connectivity index (χ4v) is 2.68. The van der Waals surface area contributed by atoms with Crippen LogP contribution in [0.25, 0.3) is 0 Å². The van der Waals surface area contributed by atoms with Crippen molar-refractivity contribution >= 4 is 23.2 Å². The van der Waals surface area contributed by atoms with Crippen molar-refractivity contribution in [2.45, 2.75) is 31.4 Å². The number of hydrogen-bond acceptors (Lipinski definition) is 2. The van der Waals surface area contributed by atoms with Crippen LogP contribution in [-0.2, 0) is 11.2 Å². The van der Waals surface area contributed by atoms with Gasteiger partial charge >= 0.3 is 0 Å². The van der Waals surface area contributed by atoms with Crippen LogP contribution >= 0.6 is 11.6 Å². The molecule has 0 saturated heterocycles. The number of carbonyl (C=O) groups is 1. The van der Waals surface area contributed by atoms with Crippen LogP contribution in [0.3, 0.4) is 0 Å². The second kappa shape index (κ2) is 3.47. The third-order valence-corrected chi connectivity index (χ3v) is 3.60. The first-order valence-corrected chi connectivity index (χ1v) is 5.81. The number of anilines is 1. The Labute approximate surface area is 98.6 Å². The summed E-state index contributed by atoms with van der Waals surface area (Å²) in [5.41, 5.74) is 1.96. The SMILES string of the molecule is O=C1Cc2cc(Cl)ccc2N1C1CC(O)C1. The van der Waals surface area contributed by atoms with E-state index in [1.54, 1.807) is 6.07 Å². The predicted octanol–water partition coefficient (Wildman–Crippen LogP) is 1.75. The Balaban J connectivity index is 1.94. The molecule has 0 spiro atoms. The number of carbonyl (C=O) groups excluding carboxylic acids is 1. The first-order chi connectivity index (χ1) is 7.65.